The summed E-state index contributed by atoms with van der Waals surface area (Å²) in [6.45, 7) is -2.76. The van der Waals surface area contributed by atoms with Crippen LogP contribution in [0, 0.1) is 0 Å². The fraction of sp³-hybridized carbons (Fsp3) is 0.400. The second kappa shape index (κ2) is 5.74. The minimum Gasteiger partial charge on any atom is -0.478 e. The third-order valence-electron chi connectivity index (χ3n) is 2.08. The van der Waals surface area contributed by atoms with Crippen LogP contribution in [0.1, 0.15) is 20.9 Å². The van der Waals surface area contributed by atoms with Crippen molar-refractivity contribution in [3.05, 3.63) is 23.7 Å². The highest BCUT2D eigenvalue weighted by Gasteiger charge is 2.34. The number of hydrogen-bond acceptors (Lipinski definition) is 4. The lowest BCUT2D eigenvalue weighted by Gasteiger charge is -2.21. The van der Waals surface area contributed by atoms with Crippen molar-refractivity contribution in [1.82, 2.24) is 4.90 Å². The van der Waals surface area contributed by atoms with Gasteiger partial charge in [0.1, 0.15) is 12.8 Å². The summed E-state index contributed by atoms with van der Waals surface area (Å²) in [5, 5.41) is 17.2. The first-order chi connectivity index (χ1) is 8.74. The van der Waals surface area contributed by atoms with E-state index in [1.807, 2.05) is 0 Å². The highest BCUT2D eigenvalue weighted by Crippen LogP contribution is 2.19. The number of aliphatic hydroxyl groups is 1. The van der Waals surface area contributed by atoms with E-state index in [4.69, 9.17) is 10.2 Å². The molecule has 0 aromatic carbocycles. The zero-order valence-electron chi connectivity index (χ0n) is 9.48. The fourth-order valence-electron chi connectivity index (χ4n) is 1.31. The molecule has 1 heterocycles. The lowest BCUT2D eigenvalue weighted by molar-refractivity contribution is -0.141. The first-order valence-electron chi connectivity index (χ1n) is 5.03. The average molecular weight is 281 g/mol. The zero-order chi connectivity index (χ0) is 14.6. The van der Waals surface area contributed by atoms with Crippen LogP contribution in [0.25, 0.3) is 0 Å². The molecule has 2 N–H and O–H groups in total. The van der Waals surface area contributed by atoms with Gasteiger partial charge in [-0.3, -0.25) is 4.79 Å². The number of rotatable bonds is 5. The molecule has 0 aliphatic carbocycles. The third kappa shape index (κ3) is 4.28. The van der Waals surface area contributed by atoms with Crippen molar-refractivity contribution in [2.45, 2.75) is 6.18 Å². The van der Waals surface area contributed by atoms with Crippen LogP contribution in [0.2, 0.25) is 0 Å². The van der Waals surface area contributed by atoms with Crippen molar-refractivity contribution in [3.8, 4) is 0 Å². The maximum atomic E-state index is 12.2. The Morgan fingerprint density at radius 3 is 2.42 bits per heavy atom. The predicted octanol–water partition coefficient (Wildman–Crippen LogP) is 0.975. The second-order valence-electron chi connectivity index (χ2n) is 3.57. The van der Waals surface area contributed by atoms with Gasteiger partial charge in [0.05, 0.1) is 12.2 Å². The van der Waals surface area contributed by atoms with Crippen LogP contribution >= 0.6 is 0 Å². The summed E-state index contributed by atoms with van der Waals surface area (Å²) in [5.74, 6) is -3.04. The molecule has 1 rings (SSSR count). The fourth-order valence-corrected chi connectivity index (χ4v) is 1.31. The molecule has 0 fully saturated rings. The predicted molar refractivity (Wildman–Crippen MR) is 54.7 cm³/mol. The van der Waals surface area contributed by atoms with E-state index in [1.54, 1.807) is 0 Å². The number of carbonyl (C=O) groups is 2. The van der Waals surface area contributed by atoms with Gasteiger partial charge in [0.25, 0.3) is 5.91 Å². The van der Waals surface area contributed by atoms with Gasteiger partial charge >= 0.3 is 12.1 Å². The van der Waals surface area contributed by atoms with Crippen molar-refractivity contribution in [2.75, 3.05) is 19.7 Å². The molecule has 0 aliphatic heterocycles. The van der Waals surface area contributed by atoms with E-state index in [1.165, 1.54) is 0 Å². The first-order valence-corrected chi connectivity index (χ1v) is 5.03. The molecule has 0 spiro atoms. The molecule has 0 saturated heterocycles. The number of furan rings is 1. The van der Waals surface area contributed by atoms with Crippen LogP contribution in [0.4, 0.5) is 13.2 Å². The molecule has 1 aromatic heterocycles. The Labute approximate surface area is 105 Å². The van der Waals surface area contributed by atoms with E-state index in [2.05, 4.69) is 4.42 Å². The number of nitrogens with zero attached hydrogens (tertiary/aromatic N) is 1. The molecule has 19 heavy (non-hydrogen) atoms. The summed E-state index contributed by atoms with van der Waals surface area (Å²) >= 11 is 0. The number of amides is 1. The molecule has 0 unspecified atom stereocenters. The number of carboxylic acids is 1. The van der Waals surface area contributed by atoms with Gasteiger partial charge in [-0.15, -0.1) is 0 Å². The van der Waals surface area contributed by atoms with E-state index in [-0.39, 0.29) is 5.56 Å². The summed E-state index contributed by atoms with van der Waals surface area (Å²) in [6.07, 6.45) is -3.88. The third-order valence-corrected chi connectivity index (χ3v) is 2.08. The highest BCUT2D eigenvalue weighted by atomic mass is 19.4. The molecule has 9 heteroatoms. The minimum absolute atomic E-state index is 0.324. The summed E-state index contributed by atoms with van der Waals surface area (Å²) in [4.78, 5) is 22.6. The minimum atomic E-state index is -4.63. The van der Waals surface area contributed by atoms with Gasteiger partial charge in [0, 0.05) is 12.6 Å². The SMILES string of the molecule is O=C(O)c1coc(C(=O)N(CCO)CC(F)(F)F)c1. The molecular weight excluding hydrogens is 271 g/mol. The quantitative estimate of drug-likeness (QED) is 0.839. The number of aliphatic hydroxyl groups excluding tert-OH is 1. The van der Waals surface area contributed by atoms with Gasteiger partial charge in [-0.1, -0.05) is 0 Å². The largest absolute Gasteiger partial charge is 0.478 e. The Bertz CT molecular complexity index is 468. The van der Waals surface area contributed by atoms with Gasteiger partial charge in [-0.05, 0) is 0 Å². The summed E-state index contributed by atoms with van der Waals surface area (Å²) in [6, 6.07) is 0.825. The number of carbonyl (C=O) groups excluding carboxylic acids is 1. The van der Waals surface area contributed by atoms with Crippen molar-refractivity contribution in [1.29, 1.82) is 0 Å². The van der Waals surface area contributed by atoms with Crippen LogP contribution in [-0.4, -0.2) is 52.9 Å². The average Bonchev–Trinajstić information content (AvgIpc) is 2.75. The molecule has 0 atom stereocenters. The van der Waals surface area contributed by atoms with Crippen LogP contribution in [0.15, 0.2) is 16.7 Å². The normalized spacial score (nSPS) is 11.4. The molecule has 0 bridgehead atoms. The maximum Gasteiger partial charge on any atom is 0.406 e. The molecule has 106 valence electrons. The van der Waals surface area contributed by atoms with E-state index < -0.39 is 43.5 Å². The number of aromatic carboxylic acids is 1. The van der Waals surface area contributed by atoms with E-state index in [0.29, 0.717) is 4.90 Å². The molecule has 1 aromatic rings. The van der Waals surface area contributed by atoms with Gasteiger partial charge < -0.3 is 19.5 Å². The molecule has 0 aliphatic rings. The summed E-state index contributed by atoms with van der Waals surface area (Å²) < 4.78 is 41.3. The van der Waals surface area contributed by atoms with E-state index in [9.17, 15) is 22.8 Å². The molecular formula is C10H10F3NO5. The Morgan fingerprint density at radius 1 is 1.37 bits per heavy atom. The lowest BCUT2D eigenvalue weighted by atomic mass is 10.3. The van der Waals surface area contributed by atoms with E-state index in [0.717, 1.165) is 12.3 Å². The van der Waals surface area contributed by atoms with Gasteiger partial charge in [-0.2, -0.15) is 13.2 Å². The molecule has 6 nitrogen and oxygen atoms in total. The Kier molecular flexibility index (Phi) is 4.54. The van der Waals surface area contributed by atoms with Gasteiger partial charge in [-0.25, -0.2) is 4.79 Å². The van der Waals surface area contributed by atoms with Crippen LogP contribution in [0.5, 0.6) is 0 Å². The number of hydrogen-bond donors (Lipinski definition) is 2. The van der Waals surface area contributed by atoms with Crippen LogP contribution in [-0.2, 0) is 0 Å². The second-order valence-corrected chi connectivity index (χ2v) is 3.57. The molecule has 0 saturated carbocycles. The van der Waals surface area contributed by atoms with Crippen molar-refractivity contribution in [3.63, 3.8) is 0 Å². The van der Waals surface area contributed by atoms with Crippen molar-refractivity contribution < 1.29 is 37.4 Å². The molecule has 0 radical (unpaired) electrons. The Morgan fingerprint density at radius 2 is 2.00 bits per heavy atom. The van der Waals surface area contributed by atoms with Gasteiger partial charge in [0.15, 0.2) is 5.76 Å². The monoisotopic (exact) mass is 281 g/mol. The lowest BCUT2D eigenvalue weighted by Crippen LogP contribution is -2.40. The first kappa shape index (κ1) is 15.0. The summed E-state index contributed by atoms with van der Waals surface area (Å²) in [7, 11) is 0. The standard InChI is InChI=1S/C10H10F3NO5/c11-10(12,13)5-14(1-2-15)8(16)7-3-6(4-19-7)9(17)18/h3-4,15H,1-2,5H2,(H,17,18). The number of alkyl halides is 3. The van der Waals surface area contributed by atoms with Crippen molar-refractivity contribution in [2.24, 2.45) is 0 Å². The number of carboxylic acid groups (broad SMARTS) is 1. The van der Waals surface area contributed by atoms with Crippen molar-refractivity contribution >= 4 is 11.9 Å². The zero-order valence-corrected chi connectivity index (χ0v) is 9.48. The summed E-state index contributed by atoms with van der Waals surface area (Å²) in [5.41, 5.74) is -0.348. The maximum absolute atomic E-state index is 12.2. The molecule has 1 amide bonds. The van der Waals surface area contributed by atoms with E-state index >= 15 is 0 Å². The topological polar surface area (TPSA) is 91.0 Å². The smallest absolute Gasteiger partial charge is 0.406 e. The van der Waals surface area contributed by atoms with Gasteiger partial charge in [0.2, 0.25) is 0 Å². The number of halogens is 3. The van der Waals surface area contributed by atoms with Crippen LogP contribution in [0.3, 0.4) is 0 Å². The Balaban J connectivity index is 2.89. The highest BCUT2D eigenvalue weighted by molar-refractivity contribution is 5.95. The Hall–Kier alpha value is -2.03. The van der Waals surface area contributed by atoms with Crippen LogP contribution < -0.4 is 0 Å².